The molecule has 0 N–H and O–H groups in total. The number of para-hydroxylation sites is 1. The van der Waals surface area contributed by atoms with Crippen molar-refractivity contribution in [2.24, 2.45) is 0 Å². The molecule has 0 spiro atoms. The number of benzene rings is 1. The normalized spacial score (nSPS) is 25.5. The summed E-state index contributed by atoms with van der Waals surface area (Å²) >= 11 is 1.54. The number of rotatable bonds is 1. The fourth-order valence-corrected chi connectivity index (χ4v) is 4.70. The fraction of sp³-hybridized carbons (Fsp3) is 0.375. The molecular formula is C16H15N3O4S. The first-order chi connectivity index (χ1) is 11.5. The Morgan fingerprint density at radius 1 is 1.38 bits per heavy atom. The molecule has 124 valence electrons. The Balaban J connectivity index is 2.12. The first kappa shape index (κ1) is 15.2. The summed E-state index contributed by atoms with van der Waals surface area (Å²) in [6, 6.07) is 5.62. The summed E-state index contributed by atoms with van der Waals surface area (Å²) in [4.78, 5) is 43.7. The molecule has 3 heterocycles. The maximum atomic E-state index is 13.0. The Morgan fingerprint density at radius 2 is 2.12 bits per heavy atom. The average Bonchev–Trinajstić information content (AvgIpc) is 2.99. The summed E-state index contributed by atoms with van der Waals surface area (Å²) in [5, 5.41) is 0.378. The standard InChI is InChI=1S/C16H15N3O4S/c1-16-15-17-10-6-4-3-5-9(10)12(20)19(15)11(14(22)23-2)13(21)18(16)7-8-24-16/h3-6,11H,7-8H2,1-2H3/t11-,16-/m0/s1. The number of carbonyl (C=O) groups excluding carboxylic acids is 2. The SMILES string of the molecule is COC(=O)[C@@H]1C(=O)N2CCS[C@@]2(C)c2nc3ccccc3c(=O)n21. The van der Waals surface area contributed by atoms with Gasteiger partial charge >= 0.3 is 5.97 Å². The van der Waals surface area contributed by atoms with E-state index in [0.717, 1.165) is 5.75 Å². The first-order valence-electron chi connectivity index (χ1n) is 7.54. The Kier molecular flexibility index (Phi) is 3.21. The predicted molar refractivity (Wildman–Crippen MR) is 88.6 cm³/mol. The maximum Gasteiger partial charge on any atom is 0.338 e. The zero-order chi connectivity index (χ0) is 17.1. The number of methoxy groups -OCH3 is 1. The third-order valence-electron chi connectivity index (χ3n) is 4.62. The summed E-state index contributed by atoms with van der Waals surface area (Å²) in [5.74, 6) is -0.0251. The lowest BCUT2D eigenvalue weighted by Gasteiger charge is -2.41. The van der Waals surface area contributed by atoms with E-state index in [9.17, 15) is 14.4 Å². The number of nitrogens with zero attached hydrogens (tertiary/aromatic N) is 3. The minimum absolute atomic E-state index is 0.378. The number of aromatic nitrogens is 2. The second-order valence-electron chi connectivity index (χ2n) is 5.87. The Morgan fingerprint density at radius 3 is 2.88 bits per heavy atom. The van der Waals surface area contributed by atoms with Gasteiger partial charge in [0, 0.05) is 12.3 Å². The highest BCUT2D eigenvalue weighted by molar-refractivity contribution is 8.00. The molecular weight excluding hydrogens is 330 g/mol. The highest BCUT2D eigenvalue weighted by atomic mass is 32.2. The molecule has 1 saturated heterocycles. The molecule has 7 nitrogen and oxygen atoms in total. The third-order valence-corrected chi connectivity index (χ3v) is 5.97. The van der Waals surface area contributed by atoms with E-state index < -0.39 is 28.3 Å². The molecule has 0 unspecified atom stereocenters. The Hall–Kier alpha value is -2.35. The van der Waals surface area contributed by atoms with E-state index in [1.54, 1.807) is 40.9 Å². The molecule has 0 aliphatic carbocycles. The minimum Gasteiger partial charge on any atom is -0.467 e. The van der Waals surface area contributed by atoms with Crippen LogP contribution in [0, 0.1) is 0 Å². The van der Waals surface area contributed by atoms with E-state index in [4.69, 9.17) is 4.74 Å². The lowest BCUT2D eigenvalue weighted by atomic mass is 10.1. The lowest BCUT2D eigenvalue weighted by molar-refractivity contribution is -0.156. The van der Waals surface area contributed by atoms with Crippen LogP contribution in [0.5, 0.6) is 0 Å². The summed E-state index contributed by atoms with van der Waals surface area (Å²) in [6.07, 6.45) is 0. The molecule has 1 aromatic carbocycles. The van der Waals surface area contributed by atoms with Crippen molar-refractivity contribution in [3.63, 3.8) is 0 Å². The number of fused-ring (bicyclic) bond motifs is 4. The van der Waals surface area contributed by atoms with E-state index in [1.165, 1.54) is 11.7 Å². The van der Waals surface area contributed by atoms with Gasteiger partial charge in [-0.2, -0.15) is 0 Å². The summed E-state index contributed by atoms with van der Waals surface area (Å²) in [6.45, 7) is 2.37. The van der Waals surface area contributed by atoms with Gasteiger partial charge in [0.05, 0.1) is 18.0 Å². The van der Waals surface area contributed by atoms with Crippen LogP contribution < -0.4 is 5.56 Å². The van der Waals surface area contributed by atoms with Gasteiger partial charge in [0.15, 0.2) is 0 Å². The molecule has 2 aliphatic rings. The molecule has 2 aromatic rings. The van der Waals surface area contributed by atoms with E-state index >= 15 is 0 Å². The van der Waals surface area contributed by atoms with Gasteiger partial charge < -0.3 is 9.64 Å². The zero-order valence-electron chi connectivity index (χ0n) is 13.2. The number of amides is 1. The van der Waals surface area contributed by atoms with Crippen molar-refractivity contribution in [3.05, 3.63) is 40.4 Å². The van der Waals surface area contributed by atoms with Gasteiger partial charge in [0.2, 0.25) is 6.04 Å². The monoisotopic (exact) mass is 345 g/mol. The van der Waals surface area contributed by atoms with Crippen molar-refractivity contribution in [3.8, 4) is 0 Å². The number of hydrogen-bond donors (Lipinski definition) is 0. The first-order valence-corrected chi connectivity index (χ1v) is 8.52. The van der Waals surface area contributed by atoms with Gasteiger partial charge in [-0.3, -0.25) is 14.2 Å². The van der Waals surface area contributed by atoms with Crippen LogP contribution in [0.4, 0.5) is 0 Å². The van der Waals surface area contributed by atoms with Gasteiger partial charge in [-0.1, -0.05) is 12.1 Å². The smallest absolute Gasteiger partial charge is 0.338 e. The fourth-order valence-electron chi connectivity index (χ4n) is 3.42. The lowest BCUT2D eigenvalue weighted by Crippen LogP contribution is -2.57. The van der Waals surface area contributed by atoms with Crippen molar-refractivity contribution in [2.75, 3.05) is 19.4 Å². The van der Waals surface area contributed by atoms with Crippen molar-refractivity contribution < 1.29 is 14.3 Å². The van der Waals surface area contributed by atoms with Crippen molar-refractivity contribution >= 4 is 34.5 Å². The van der Waals surface area contributed by atoms with Crippen LogP contribution in [0.3, 0.4) is 0 Å². The minimum atomic E-state index is -1.32. The van der Waals surface area contributed by atoms with Gasteiger partial charge in [-0.15, -0.1) is 11.8 Å². The van der Waals surface area contributed by atoms with Gasteiger partial charge in [-0.25, -0.2) is 9.78 Å². The molecule has 0 saturated carbocycles. The average molecular weight is 345 g/mol. The molecule has 2 atom stereocenters. The van der Waals surface area contributed by atoms with Gasteiger partial charge in [0.25, 0.3) is 11.5 Å². The number of hydrogen-bond acceptors (Lipinski definition) is 6. The molecule has 0 radical (unpaired) electrons. The molecule has 0 bridgehead atoms. The second-order valence-corrected chi connectivity index (χ2v) is 7.37. The topological polar surface area (TPSA) is 81.5 Å². The second kappa shape index (κ2) is 5.07. The van der Waals surface area contributed by atoms with Crippen LogP contribution in [0.25, 0.3) is 10.9 Å². The van der Waals surface area contributed by atoms with Crippen LogP contribution in [-0.4, -0.2) is 45.7 Å². The van der Waals surface area contributed by atoms with Crippen molar-refractivity contribution in [1.82, 2.24) is 14.5 Å². The van der Waals surface area contributed by atoms with E-state index in [-0.39, 0.29) is 0 Å². The Labute approximate surface area is 141 Å². The van der Waals surface area contributed by atoms with Crippen molar-refractivity contribution in [2.45, 2.75) is 17.8 Å². The van der Waals surface area contributed by atoms with Crippen LogP contribution in [0.2, 0.25) is 0 Å². The van der Waals surface area contributed by atoms with Crippen LogP contribution >= 0.6 is 11.8 Å². The Bertz CT molecular complexity index is 941. The largest absolute Gasteiger partial charge is 0.467 e. The zero-order valence-corrected chi connectivity index (χ0v) is 14.0. The number of esters is 1. The van der Waals surface area contributed by atoms with Gasteiger partial charge in [0.1, 0.15) is 10.7 Å². The molecule has 2 aliphatic heterocycles. The van der Waals surface area contributed by atoms with E-state index in [0.29, 0.717) is 23.3 Å². The predicted octanol–water partition coefficient (Wildman–Crippen LogP) is 0.872. The summed E-state index contributed by atoms with van der Waals surface area (Å²) < 4.78 is 6.00. The maximum absolute atomic E-state index is 13.0. The summed E-state index contributed by atoms with van der Waals surface area (Å²) in [5.41, 5.74) is 0.160. The van der Waals surface area contributed by atoms with Crippen LogP contribution in [0.1, 0.15) is 18.8 Å². The molecule has 1 aromatic heterocycles. The molecule has 1 amide bonds. The number of ether oxygens (including phenoxy) is 1. The highest BCUT2D eigenvalue weighted by Crippen LogP contribution is 2.47. The quantitative estimate of drug-likeness (QED) is 0.564. The molecule has 4 rings (SSSR count). The number of carbonyl (C=O) groups is 2. The van der Waals surface area contributed by atoms with Gasteiger partial charge in [-0.05, 0) is 19.1 Å². The molecule has 24 heavy (non-hydrogen) atoms. The highest BCUT2D eigenvalue weighted by Gasteiger charge is 2.54. The molecule has 1 fully saturated rings. The van der Waals surface area contributed by atoms with Crippen molar-refractivity contribution in [1.29, 1.82) is 0 Å². The van der Waals surface area contributed by atoms with E-state index in [2.05, 4.69) is 4.98 Å². The van der Waals surface area contributed by atoms with E-state index in [1.807, 2.05) is 6.92 Å². The van der Waals surface area contributed by atoms with Crippen LogP contribution in [-0.2, 0) is 19.2 Å². The number of thioether (sulfide) groups is 1. The van der Waals surface area contributed by atoms with Crippen LogP contribution in [0.15, 0.2) is 29.1 Å². The molecule has 8 heteroatoms. The summed E-state index contributed by atoms with van der Waals surface area (Å²) in [7, 11) is 1.21. The third kappa shape index (κ3) is 1.80.